The molecular weight excluding hydrogens is 378 g/mol. The zero-order valence-electron chi connectivity index (χ0n) is 13.9. The van der Waals surface area contributed by atoms with E-state index in [1.807, 2.05) is 48.7 Å². The predicted molar refractivity (Wildman–Crippen MR) is 104 cm³/mol. The summed E-state index contributed by atoms with van der Waals surface area (Å²) < 4.78 is 7.29. The maximum Gasteiger partial charge on any atom is 0.227 e. The molecule has 4 rings (SSSR count). The van der Waals surface area contributed by atoms with E-state index >= 15 is 0 Å². The first kappa shape index (κ1) is 16.3. The van der Waals surface area contributed by atoms with E-state index in [1.54, 1.807) is 0 Å². The largest absolute Gasteiger partial charge is 0.488 e. The van der Waals surface area contributed by atoms with E-state index in [2.05, 4.69) is 26.2 Å². The fourth-order valence-corrected chi connectivity index (χ4v) is 3.70. The molecule has 1 fully saturated rings. The third-order valence-electron chi connectivity index (χ3n) is 4.49. The zero-order chi connectivity index (χ0) is 17.1. The summed E-state index contributed by atoms with van der Waals surface area (Å²) in [5, 5.41) is 4.22. The van der Waals surface area contributed by atoms with E-state index in [0.717, 1.165) is 39.7 Å². The first-order valence-electron chi connectivity index (χ1n) is 8.73. The van der Waals surface area contributed by atoms with Gasteiger partial charge in [-0.1, -0.05) is 40.5 Å². The number of anilines is 2. The minimum absolute atomic E-state index is 0.284. The highest BCUT2D eigenvalue weighted by molar-refractivity contribution is 9.10. The number of aromatic nitrogens is 2. The molecule has 4 nitrogen and oxygen atoms in total. The third-order valence-corrected chi connectivity index (χ3v) is 4.95. The number of nitrogens with one attached hydrogen (secondary N) is 1. The van der Waals surface area contributed by atoms with Gasteiger partial charge >= 0.3 is 0 Å². The summed E-state index contributed by atoms with van der Waals surface area (Å²) >= 11 is 3.57. The second-order valence-electron chi connectivity index (χ2n) is 6.40. The van der Waals surface area contributed by atoms with Crippen molar-refractivity contribution in [3.63, 3.8) is 0 Å². The first-order valence-corrected chi connectivity index (χ1v) is 9.52. The normalized spacial score (nSPS) is 15.2. The molecule has 1 aliphatic rings. The molecule has 1 aliphatic carbocycles. The number of para-hydroxylation sites is 1. The van der Waals surface area contributed by atoms with E-state index in [1.165, 1.54) is 19.3 Å². The molecule has 3 aromatic rings. The van der Waals surface area contributed by atoms with Gasteiger partial charge in [0.15, 0.2) is 0 Å². The van der Waals surface area contributed by atoms with E-state index in [0.29, 0.717) is 5.95 Å². The Morgan fingerprint density at radius 3 is 2.64 bits per heavy atom. The summed E-state index contributed by atoms with van der Waals surface area (Å²) in [4.78, 5) is 9.14. The van der Waals surface area contributed by atoms with Crippen LogP contribution in [0, 0.1) is 0 Å². The summed E-state index contributed by atoms with van der Waals surface area (Å²) in [5.41, 5.74) is 1.82. The summed E-state index contributed by atoms with van der Waals surface area (Å²) in [7, 11) is 0. The molecule has 128 valence electrons. The van der Waals surface area contributed by atoms with Gasteiger partial charge in [0.05, 0.1) is 6.10 Å². The van der Waals surface area contributed by atoms with Gasteiger partial charge in [0.25, 0.3) is 0 Å². The number of halogens is 1. The molecule has 0 amide bonds. The lowest BCUT2D eigenvalue weighted by Crippen LogP contribution is -2.19. The van der Waals surface area contributed by atoms with Crippen molar-refractivity contribution in [3.8, 4) is 5.75 Å². The van der Waals surface area contributed by atoms with Crippen molar-refractivity contribution in [1.29, 1.82) is 0 Å². The summed E-state index contributed by atoms with van der Waals surface area (Å²) in [5.74, 6) is 1.41. The van der Waals surface area contributed by atoms with Crippen molar-refractivity contribution >= 4 is 38.5 Å². The molecule has 25 heavy (non-hydrogen) atoms. The van der Waals surface area contributed by atoms with Crippen molar-refractivity contribution in [3.05, 3.63) is 53.1 Å². The lowest BCUT2D eigenvalue weighted by atomic mass is 9.98. The monoisotopic (exact) mass is 397 g/mol. The van der Waals surface area contributed by atoms with E-state index in [9.17, 15) is 0 Å². The van der Waals surface area contributed by atoms with Crippen LogP contribution in [0.5, 0.6) is 5.75 Å². The Labute approximate surface area is 155 Å². The minimum atomic E-state index is 0.284. The van der Waals surface area contributed by atoms with E-state index in [-0.39, 0.29) is 6.10 Å². The second-order valence-corrected chi connectivity index (χ2v) is 7.32. The third kappa shape index (κ3) is 3.93. The molecule has 0 unspecified atom stereocenters. The van der Waals surface area contributed by atoms with E-state index < -0.39 is 0 Å². The van der Waals surface area contributed by atoms with Gasteiger partial charge in [-0.25, -0.2) is 9.97 Å². The fourth-order valence-electron chi connectivity index (χ4n) is 3.24. The summed E-state index contributed by atoms with van der Waals surface area (Å²) in [6.07, 6.45) is 8.16. The Morgan fingerprint density at radius 1 is 1.04 bits per heavy atom. The topological polar surface area (TPSA) is 47.0 Å². The van der Waals surface area contributed by atoms with Crippen LogP contribution in [0.4, 0.5) is 11.6 Å². The van der Waals surface area contributed by atoms with E-state index in [4.69, 9.17) is 9.72 Å². The maximum atomic E-state index is 6.31. The van der Waals surface area contributed by atoms with Gasteiger partial charge < -0.3 is 10.1 Å². The highest BCUT2D eigenvalue weighted by Crippen LogP contribution is 2.32. The van der Waals surface area contributed by atoms with Crippen LogP contribution >= 0.6 is 15.9 Å². The van der Waals surface area contributed by atoms with Gasteiger partial charge in [-0.3, -0.25) is 0 Å². The van der Waals surface area contributed by atoms with Crippen LogP contribution in [0.15, 0.2) is 53.1 Å². The molecule has 1 N–H and O–H groups in total. The Bertz CT molecular complexity index is 863. The molecule has 0 atom stereocenters. The second kappa shape index (κ2) is 7.40. The standard InChI is InChI=1S/C20H20BrN3O/c21-15-11-14-13-22-20(23-16-7-3-1-4-8-16)24-19(14)18(12-15)25-17-9-5-2-6-10-17/h1,3-4,7-8,11-13,17H,2,5-6,9-10H2,(H,22,23,24). The predicted octanol–water partition coefficient (Wildman–Crippen LogP) is 5.85. The number of nitrogens with zero attached hydrogens (tertiary/aromatic N) is 2. The number of benzene rings is 2. The zero-order valence-corrected chi connectivity index (χ0v) is 15.5. The molecule has 0 radical (unpaired) electrons. The van der Waals surface area contributed by atoms with Gasteiger partial charge in [-0.2, -0.15) is 0 Å². The number of hydrogen-bond donors (Lipinski definition) is 1. The van der Waals surface area contributed by atoms with Crippen LogP contribution in [0.25, 0.3) is 10.9 Å². The highest BCUT2D eigenvalue weighted by atomic mass is 79.9. The molecule has 5 heteroatoms. The van der Waals surface area contributed by atoms with Gasteiger partial charge in [0.1, 0.15) is 11.3 Å². The molecule has 1 aromatic heterocycles. The molecular formula is C20H20BrN3O. The number of hydrogen-bond acceptors (Lipinski definition) is 4. The molecule has 0 spiro atoms. The smallest absolute Gasteiger partial charge is 0.227 e. The Balaban J connectivity index is 1.67. The highest BCUT2D eigenvalue weighted by Gasteiger charge is 2.17. The Morgan fingerprint density at radius 2 is 1.84 bits per heavy atom. The summed E-state index contributed by atoms with van der Waals surface area (Å²) in [6, 6.07) is 14.0. The molecule has 2 aromatic carbocycles. The number of fused-ring (bicyclic) bond motifs is 1. The maximum absolute atomic E-state index is 6.31. The van der Waals surface area contributed by atoms with Crippen molar-refractivity contribution < 1.29 is 4.74 Å². The van der Waals surface area contributed by atoms with Crippen LogP contribution < -0.4 is 10.1 Å². The van der Waals surface area contributed by atoms with Crippen LogP contribution in [0.1, 0.15) is 32.1 Å². The van der Waals surface area contributed by atoms with Gasteiger partial charge in [-0.05, 0) is 49.9 Å². The van der Waals surface area contributed by atoms with Crippen LogP contribution in [-0.4, -0.2) is 16.1 Å². The lowest BCUT2D eigenvalue weighted by molar-refractivity contribution is 0.156. The lowest BCUT2D eigenvalue weighted by Gasteiger charge is -2.23. The fraction of sp³-hybridized carbons (Fsp3) is 0.300. The first-order chi connectivity index (χ1) is 12.3. The average Bonchev–Trinajstić information content (AvgIpc) is 2.64. The van der Waals surface area contributed by atoms with Crippen molar-refractivity contribution in [2.24, 2.45) is 0 Å². The number of ether oxygens (including phenoxy) is 1. The van der Waals surface area contributed by atoms with Crippen molar-refractivity contribution in [1.82, 2.24) is 9.97 Å². The molecule has 0 saturated heterocycles. The molecule has 1 saturated carbocycles. The van der Waals surface area contributed by atoms with Crippen LogP contribution in [-0.2, 0) is 0 Å². The Hall–Kier alpha value is -2.14. The van der Waals surface area contributed by atoms with Gasteiger partial charge in [0.2, 0.25) is 5.95 Å². The SMILES string of the molecule is Brc1cc(OC2CCCCC2)c2nc(Nc3ccccc3)ncc2c1. The number of rotatable bonds is 4. The Kier molecular flexibility index (Phi) is 4.83. The van der Waals surface area contributed by atoms with Crippen molar-refractivity contribution in [2.75, 3.05) is 5.32 Å². The quantitative estimate of drug-likeness (QED) is 0.599. The molecule has 1 heterocycles. The van der Waals surface area contributed by atoms with Crippen LogP contribution in [0.2, 0.25) is 0 Å². The summed E-state index contributed by atoms with van der Waals surface area (Å²) in [6.45, 7) is 0. The van der Waals surface area contributed by atoms with Gasteiger partial charge in [0, 0.05) is 21.7 Å². The van der Waals surface area contributed by atoms with Gasteiger partial charge in [-0.15, -0.1) is 0 Å². The van der Waals surface area contributed by atoms with Crippen molar-refractivity contribution in [2.45, 2.75) is 38.2 Å². The minimum Gasteiger partial charge on any atom is -0.488 e. The van der Waals surface area contributed by atoms with Crippen LogP contribution in [0.3, 0.4) is 0 Å². The molecule has 0 bridgehead atoms. The average molecular weight is 398 g/mol. The molecule has 0 aliphatic heterocycles.